The fourth-order valence-electron chi connectivity index (χ4n) is 3.49. The highest BCUT2D eigenvalue weighted by atomic mass is 35.5. The van der Waals surface area contributed by atoms with Gasteiger partial charge in [0.05, 0.1) is 5.56 Å². The summed E-state index contributed by atoms with van der Waals surface area (Å²) in [6, 6.07) is 7.93. The van der Waals surface area contributed by atoms with Gasteiger partial charge in [0, 0.05) is 36.7 Å². The molecular formula is C18H26Cl2N4O. The summed E-state index contributed by atoms with van der Waals surface area (Å²) < 4.78 is 2.04. The molecule has 138 valence electrons. The third-order valence-electron chi connectivity index (χ3n) is 4.70. The summed E-state index contributed by atoms with van der Waals surface area (Å²) in [6.45, 7) is 5.32. The SMILES string of the molecule is Cc1cc(C(=O)N2CCCCC2CN)c(C)n1-c1ccccn1.Cl.Cl. The molecule has 0 aromatic carbocycles. The van der Waals surface area contributed by atoms with Gasteiger partial charge in [-0.2, -0.15) is 0 Å². The van der Waals surface area contributed by atoms with Crippen molar-refractivity contribution in [2.75, 3.05) is 13.1 Å². The maximum Gasteiger partial charge on any atom is 0.255 e. The van der Waals surface area contributed by atoms with Gasteiger partial charge in [-0.25, -0.2) is 4.98 Å². The van der Waals surface area contributed by atoms with Gasteiger partial charge in [0.15, 0.2) is 0 Å². The summed E-state index contributed by atoms with van der Waals surface area (Å²) in [5, 5.41) is 0. The van der Waals surface area contributed by atoms with E-state index in [1.54, 1.807) is 6.20 Å². The van der Waals surface area contributed by atoms with Crippen molar-refractivity contribution in [2.45, 2.75) is 39.2 Å². The van der Waals surface area contributed by atoms with Gasteiger partial charge in [0.1, 0.15) is 5.82 Å². The predicted molar refractivity (Wildman–Crippen MR) is 105 cm³/mol. The van der Waals surface area contributed by atoms with Crippen LogP contribution in [-0.2, 0) is 0 Å². The van der Waals surface area contributed by atoms with Crippen molar-refractivity contribution in [3.63, 3.8) is 0 Å². The lowest BCUT2D eigenvalue weighted by atomic mass is 10.0. The molecule has 1 amide bonds. The smallest absolute Gasteiger partial charge is 0.255 e. The Morgan fingerprint density at radius 3 is 2.68 bits per heavy atom. The van der Waals surface area contributed by atoms with E-state index >= 15 is 0 Å². The van der Waals surface area contributed by atoms with Crippen LogP contribution in [-0.4, -0.2) is 39.5 Å². The Morgan fingerprint density at radius 2 is 2.04 bits per heavy atom. The molecule has 3 rings (SSSR count). The molecule has 0 aliphatic carbocycles. The standard InChI is InChI=1S/C18H24N4O.2ClH/c1-13-11-16(14(2)22(13)17-8-3-5-9-20-17)18(23)21-10-6-4-7-15(21)12-19;;/h3,5,8-9,11,15H,4,6-7,10,12,19H2,1-2H3;2*1H. The second-order valence-corrected chi connectivity index (χ2v) is 6.19. The molecule has 0 bridgehead atoms. The molecule has 3 heterocycles. The lowest BCUT2D eigenvalue weighted by molar-refractivity contribution is 0.0622. The second-order valence-electron chi connectivity index (χ2n) is 6.19. The lowest BCUT2D eigenvalue weighted by Crippen LogP contribution is -2.47. The first-order valence-corrected chi connectivity index (χ1v) is 8.25. The number of aryl methyl sites for hydroxylation is 1. The van der Waals surface area contributed by atoms with Crippen molar-refractivity contribution in [1.29, 1.82) is 0 Å². The zero-order valence-electron chi connectivity index (χ0n) is 14.6. The first-order valence-electron chi connectivity index (χ1n) is 8.25. The quantitative estimate of drug-likeness (QED) is 0.882. The summed E-state index contributed by atoms with van der Waals surface area (Å²) in [4.78, 5) is 19.4. The number of hydrogen-bond donors (Lipinski definition) is 1. The van der Waals surface area contributed by atoms with E-state index in [0.29, 0.717) is 6.54 Å². The Bertz CT molecular complexity index is 703. The number of aromatic nitrogens is 2. The van der Waals surface area contributed by atoms with E-state index < -0.39 is 0 Å². The molecule has 1 aliphatic heterocycles. The normalized spacial score (nSPS) is 16.8. The van der Waals surface area contributed by atoms with Crippen molar-refractivity contribution in [3.05, 3.63) is 47.4 Å². The van der Waals surface area contributed by atoms with E-state index in [9.17, 15) is 4.79 Å². The largest absolute Gasteiger partial charge is 0.334 e. The molecule has 1 aliphatic rings. The molecule has 0 spiro atoms. The minimum Gasteiger partial charge on any atom is -0.334 e. The van der Waals surface area contributed by atoms with E-state index in [2.05, 4.69) is 4.98 Å². The van der Waals surface area contributed by atoms with Gasteiger partial charge in [0.25, 0.3) is 5.91 Å². The van der Waals surface area contributed by atoms with Crippen LogP contribution in [0.3, 0.4) is 0 Å². The fourth-order valence-corrected chi connectivity index (χ4v) is 3.49. The summed E-state index contributed by atoms with van der Waals surface area (Å²) in [6.07, 6.45) is 4.98. The van der Waals surface area contributed by atoms with Crippen LogP contribution in [0, 0.1) is 13.8 Å². The third-order valence-corrected chi connectivity index (χ3v) is 4.70. The van der Waals surface area contributed by atoms with Crippen molar-refractivity contribution >= 4 is 30.7 Å². The molecule has 5 nitrogen and oxygen atoms in total. The van der Waals surface area contributed by atoms with Gasteiger partial charge in [-0.3, -0.25) is 4.79 Å². The number of carbonyl (C=O) groups excluding carboxylic acids is 1. The number of nitrogens with zero attached hydrogens (tertiary/aromatic N) is 3. The molecule has 0 radical (unpaired) electrons. The van der Waals surface area contributed by atoms with E-state index in [0.717, 1.165) is 48.6 Å². The molecule has 1 atom stereocenters. The van der Waals surface area contributed by atoms with E-state index in [1.165, 1.54) is 0 Å². The van der Waals surface area contributed by atoms with Crippen molar-refractivity contribution in [1.82, 2.24) is 14.5 Å². The first kappa shape index (κ1) is 21.5. The Labute approximate surface area is 161 Å². The number of nitrogens with two attached hydrogens (primary N) is 1. The van der Waals surface area contributed by atoms with Gasteiger partial charge >= 0.3 is 0 Å². The van der Waals surface area contributed by atoms with E-state index in [1.807, 2.05) is 47.6 Å². The highest BCUT2D eigenvalue weighted by Crippen LogP contribution is 2.24. The van der Waals surface area contributed by atoms with Gasteiger partial charge in [-0.15, -0.1) is 24.8 Å². The number of hydrogen-bond acceptors (Lipinski definition) is 3. The highest BCUT2D eigenvalue weighted by molar-refractivity contribution is 5.96. The Hall–Kier alpha value is -1.56. The number of pyridine rings is 1. The minimum absolute atomic E-state index is 0. The van der Waals surface area contributed by atoms with Crippen molar-refractivity contribution in [3.8, 4) is 5.82 Å². The Balaban J connectivity index is 0.00000156. The van der Waals surface area contributed by atoms with E-state index in [4.69, 9.17) is 5.73 Å². The van der Waals surface area contributed by atoms with Crippen LogP contribution in [0.25, 0.3) is 5.82 Å². The van der Waals surface area contributed by atoms with Crippen molar-refractivity contribution in [2.24, 2.45) is 5.73 Å². The van der Waals surface area contributed by atoms with Crippen LogP contribution in [0.5, 0.6) is 0 Å². The fraction of sp³-hybridized carbons (Fsp3) is 0.444. The highest BCUT2D eigenvalue weighted by Gasteiger charge is 2.29. The zero-order valence-corrected chi connectivity index (χ0v) is 16.3. The van der Waals surface area contributed by atoms with Gasteiger partial charge in [-0.05, 0) is 51.3 Å². The summed E-state index contributed by atoms with van der Waals surface area (Å²) in [5.74, 6) is 0.936. The average molecular weight is 385 g/mol. The maximum absolute atomic E-state index is 13.0. The number of rotatable bonds is 3. The maximum atomic E-state index is 13.0. The minimum atomic E-state index is 0. The Morgan fingerprint density at radius 1 is 1.28 bits per heavy atom. The number of carbonyl (C=O) groups is 1. The molecule has 2 aromatic rings. The van der Waals surface area contributed by atoms with Crippen LogP contribution < -0.4 is 5.73 Å². The Kier molecular flexibility index (Phi) is 7.93. The molecule has 1 unspecified atom stereocenters. The summed E-state index contributed by atoms with van der Waals surface area (Å²) in [5.41, 5.74) is 8.58. The average Bonchev–Trinajstić information content (AvgIpc) is 2.89. The summed E-state index contributed by atoms with van der Waals surface area (Å²) >= 11 is 0. The zero-order chi connectivity index (χ0) is 16.4. The molecular weight excluding hydrogens is 359 g/mol. The monoisotopic (exact) mass is 384 g/mol. The van der Waals surface area contributed by atoms with Gasteiger partial charge < -0.3 is 15.2 Å². The molecule has 7 heteroatoms. The topological polar surface area (TPSA) is 64.2 Å². The molecule has 2 aromatic heterocycles. The van der Waals surface area contributed by atoms with Crippen LogP contribution in [0.2, 0.25) is 0 Å². The number of halogens is 2. The summed E-state index contributed by atoms with van der Waals surface area (Å²) in [7, 11) is 0. The van der Waals surface area contributed by atoms with Crippen LogP contribution in [0.15, 0.2) is 30.5 Å². The molecule has 2 N–H and O–H groups in total. The molecule has 25 heavy (non-hydrogen) atoms. The second kappa shape index (κ2) is 9.22. The molecule has 1 fully saturated rings. The first-order chi connectivity index (χ1) is 11.1. The third kappa shape index (κ3) is 4.17. The molecule has 0 saturated carbocycles. The van der Waals surface area contributed by atoms with Crippen LogP contribution in [0.1, 0.15) is 41.0 Å². The molecule has 1 saturated heterocycles. The number of likely N-dealkylation sites (tertiary alicyclic amines) is 1. The van der Waals surface area contributed by atoms with E-state index in [-0.39, 0.29) is 36.8 Å². The van der Waals surface area contributed by atoms with Crippen LogP contribution >= 0.6 is 24.8 Å². The number of amides is 1. The van der Waals surface area contributed by atoms with Crippen LogP contribution in [0.4, 0.5) is 0 Å². The number of piperidine rings is 1. The lowest BCUT2D eigenvalue weighted by Gasteiger charge is -2.35. The van der Waals surface area contributed by atoms with Gasteiger partial charge in [0.2, 0.25) is 0 Å². The van der Waals surface area contributed by atoms with Crippen molar-refractivity contribution < 1.29 is 4.79 Å². The predicted octanol–water partition coefficient (Wildman–Crippen LogP) is 3.29. The van der Waals surface area contributed by atoms with Gasteiger partial charge in [-0.1, -0.05) is 6.07 Å².